The number of aliphatic hydroxyl groups is 1. The number of aromatic nitrogens is 1. The lowest BCUT2D eigenvalue weighted by Crippen LogP contribution is -2.39. The van der Waals surface area contributed by atoms with Crippen LogP contribution in [-0.2, 0) is 13.1 Å². The van der Waals surface area contributed by atoms with Crippen molar-refractivity contribution in [1.29, 1.82) is 0 Å². The van der Waals surface area contributed by atoms with Crippen molar-refractivity contribution in [3.63, 3.8) is 0 Å². The molecule has 0 radical (unpaired) electrons. The molecule has 0 atom stereocenters. The third-order valence-corrected chi connectivity index (χ3v) is 3.53. The van der Waals surface area contributed by atoms with Gasteiger partial charge in [-0.15, -0.1) is 0 Å². The second-order valence-corrected chi connectivity index (χ2v) is 5.89. The molecule has 0 unspecified atom stereocenters. The maximum atomic E-state index is 9.02. The molecule has 0 aliphatic carbocycles. The van der Waals surface area contributed by atoms with Crippen LogP contribution in [0.3, 0.4) is 0 Å². The number of benzene rings is 1. The van der Waals surface area contributed by atoms with Gasteiger partial charge in [-0.1, -0.05) is 30.3 Å². The van der Waals surface area contributed by atoms with Crippen molar-refractivity contribution in [3.05, 3.63) is 59.9 Å². The molecule has 1 heterocycles. The Hall–Kier alpha value is -1.58. The van der Waals surface area contributed by atoms with Crippen LogP contribution in [0.25, 0.3) is 0 Å². The smallest absolute Gasteiger partial charge is 0.0470 e. The van der Waals surface area contributed by atoms with E-state index in [1.165, 1.54) is 11.1 Å². The van der Waals surface area contributed by atoms with Gasteiger partial charge in [-0.25, -0.2) is 0 Å². The average Bonchev–Trinajstić information content (AvgIpc) is 2.85. The van der Waals surface area contributed by atoms with Crippen molar-refractivity contribution in [2.75, 3.05) is 6.61 Å². The van der Waals surface area contributed by atoms with Gasteiger partial charge in [0, 0.05) is 37.6 Å². The standard InChI is InChI=1S/C17H24N2O/c1-17(2,9-11-20)18-12-16-8-10-19(14-16)13-15-6-4-3-5-7-15/h3-8,10,14,18,20H,9,11-13H2,1-2H3. The van der Waals surface area contributed by atoms with Gasteiger partial charge < -0.3 is 15.0 Å². The third-order valence-electron chi connectivity index (χ3n) is 3.53. The van der Waals surface area contributed by atoms with Gasteiger partial charge >= 0.3 is 0 Å². The number of hydrogen-bond donors (Lipinski definition) is 2. The van der Waals surface area contributed by atoms with Gasteiger partial charge in [-0.3, -0.25) is 0 Å². The molecule has 3 heteroatoms. The second kappa shape index (κ2) is 6.73. The molecule has 0 saturated carbocycles. The Kier molecular flexibility index (Phi) is 4.99. The fourth-order valence-electron chi connectivity index (χ4n) is 2.20. The topological polar surface area (TPSA) is 37.2 Å². The van der Waals surface area contributed by atoms with E-state index in [1.54, 1.807) is 0 Å². The molecule has 1 aromatic carbocycles. The molecular formula is C17H24N2O. The molecule has 0 fully saturated rings. The van der Waals surface area contributed by atoms with E-state index in [0.29, 0.717) is 0 Å². The largest absolute Gasteiger partial charge is 0.396 e. The van der Waals surface area contributed by atoms with Gasteiger partial charge in [0.05, 0.1) is 0 Å². The highest BCUT2D eigenvalue weighted by Crippen LogP contribution is 2.11. The fraction of sp³-hybridized carbons (Fsp3) is 0.412. The van der Waals surface area contributed by atoms with E-state index in [0.717, 1.165) is 19.5 Å². The summed E-state index contributed by atoms with van der Waals surface area (Å²) in [5, 5.41) is 12.5. The van der Waals surface area contributed by atoms with E-state index >= 15 is 0 Å². The first-order valence-electron chi connectivity index (χ1n) is 7.13. The first kappa shape index (κ1) is 14.8. The Morgan fingerprint density at radius 2 is 1.85 bits per heavy atom. The summed E-state index contributed by atoms with van der Waals surface area (Å²) in [7, 11) is 0. The number of nitrogens with one attached hydrogen (secondary N) is 1. The van der Waals surface area contributed by atoms with Crippen LogP contribution in [0.5, 0.6) is 0 Å². The van der Waals surface area contributed by atoms with Gasteiger partial charge in [-0.05, 0) is 37.5 Å². The number of nitrogens with zero attached hydrogens (tertiary/aromatic N) is 1. The first-order valence-corrected chi connectivity index (χ1v) is 7.13. The third kappa shape index (κ3) is 4.51. The molecule has 0 aliphatic heterocycles. The molecule has 2 rings (SSSR count). The Bertz CT molecular complexity index is 517. The molecule has 0 amide bonds. The van der Waals surface area contributed by atoms with Crippen LogP contribution in [0.2, 0.25) is 0 Å². The normalized spacial score (nSPS) is 11.8. The zero-order valence-corrected chi connectivity index (χ0v) is 12.3. The summed E-state index contributed by atoms with van der Waals surface area (Å²) < 4.78 is 2.20. The van der Waals surface area contributed by atoms with E-state index < -0.39 is 0 Å². The van der Waals surface area contributed by atoms with Crippen LogP contribution in [0.4, 0.5) is 0 Å². The summed E-state index contributed by atoms with van der Waals surface area (Å²) in [4.78, 5) is 0. The van der Waals surface area contributed by atoms with Gasteiger partial charge in [0.1, 0.15) is 0 Å². The van der Waals surface area contributed by atoms with Crippen LogP contribution < -0.4 is 5.32 Å². The van der Waals surface area contributed by atoms with Crippen molar-refractivity contribution in [1.82, 2.24) is 9.88 Å². The summed E-state index contributed by atoms with van der Waals surface area (Å²) in [6, 6.07) is 12.6. The number of aliphatic hydroxyl groups excluding tert-OH is 1. The Morgan fingerprint density at radius 1 is 1.10 bits per heavy atom. The second-order valence-electron chi connectivity index (χ2n) is 5.89. The Labute approximate surface area is 121 Å². The first-order chi connectivity index (χ1) is 9.59. The molecule has 0 aliphatic rings. The lowest BCUT2D eigenvalue weighted by Gasteiger charge is -2.25. The molecule has 1 aromatic heterocycles. The zero-order valence-electron chi connectivity index (χ0n) is 12.3. The molecule has 0 bridgehead atoms. The van der Waals surface area contributed by atoms with Crippen LogP contribution in [0.1, 0.15) is 31.4 Å². The molecule has 3 nitrogen and oxygen atoms in total. The Morgan fingerprint density at radius 3 is 2.55 bits per heavy atom. The molecule has 108 valence electrons. The van der Waals surface area contributed by atoms with Gasteiger partial charge in [0.15, 0.2) is 0 Å². The molecule has 0 saturated heterocycles. The highest BCUT2D eigenvalue weighted by molar-refractivity contribution is 5.17. The van der Waals surface area contributed by atoms with Crippen LogP contribution in [0, 0.1) is 0 Å². The van der Waals surface area contributed by atoms with Gasteiger partial charge in [0.2, 0.25) is 0 Å². The van der Waals surface area contributed by atoms with E-state index in [1.807, 2.05) is 6.07 Å². The fourth-order valence-corrected chi connectivity index (χ4v) is 2.20. The predicted molar refractivity (Wildman–Crippen MR) is 82.6 cm³/mol. The average molecular weight is 272 g/mol. The van der Waals surface area contributed by atoms with Crippen LogP contribution >= 0.6 is 0 Å². The molecule has 20 heavy (non-hydrogen) atoms. The van der Waals surface area contributed by atoms with Crippen molar-refractivity contribution >= 4 is 0 Å². The van der Waals surface area contributed by atoms with Crippen molar-refractivity contribution < 1.29 is 5.11 Å². The minimum Gasteiger partial charge on any atom is -0.396 e. The maximum absolute atomic E-state index is 9.02. The quantitative estimate of drug-likeness (QED) is 0.813. The molecular weight excluding hydrogens is 248 g/mol. The van der Waals surface area contributed by atoms with E-state index in [2.05, 4.69) is 66.5 Å². The molecule has 2 N–H and O–H groups in total. The summed E-state index contributed by atoms with van der Waals surface area (Å²) in [5.74, 6) is 0. The molecule has 2 aromatic rings. The summed E-state index contributed by atoms with van der Waals surface area (Å²) in [6.07, 6.45) is 5.05. The number of rotatable bonds is 7. The highest BCUT2D eigenvalue weighted by Gasteiger charge is 2.15. The van der Waals surface area contributed by atoms with E-state index in [4.69, 9.17) is 5.11 Å². The lowest BCUT2D eigenvalue weighted by molar-refractivity contribution is 0.230. The van der Waals surface area contributed by atoms with Gasteiger partial charge in [0.25, 0.3) is 0 Å². The number of hydrogen-bond acceptors (Lipinski definition) is 2. The minimum atomic E-state index is -0.0315. The zero-order chi connectivity index (χ0) is 14.4. The van der Waals surface area contributed by atoms with Crippen molar-refractivity contribution in [2.24, 2.45) is 0 Å². The van der Waals surface area contributed by atoms with Gasteiger partial charge in [-0.2, -0.15) is 0 Å². The molecule has 0 spiro atoms. The van der Waals surface area contributed by atoms with Crippen LogP contribution in [0.15, 0.2) is 48.8 Å². The van der Waals surface area contributed by atoms with Crippen LogP contribution in [-0.4, -0.2) is 21.8 Å². The highest BCUT2D eigenvalue weighted by atomic mass is 16.3. The SMILES string of the molecule is CC(C)(CCO)NCc1ccn(Cc2ccccc2)c1. The predicted octanol–water partition coefficient (Wildman–Crippen LogP) is 2.79. The maximum Gasteiger partial charge on any atom is 0.0470 e. The monoisotopic (exact) mass is 272 g/mol. The van der Waals surface area contributed by atoms with Crippen molar-refractivity contribution in [2.45, 2.75) is 38.9 Å². The van der Waals surface area contributed by atoms with Crippen molar-refractivity contribution in [3.8, 4) is 0 Å². The summed E-state index contributed by atoms with van der Waals surface area (Å²) >= 11 is 0. The lowest BCUT2D eigenvalue weighted by atomic mass is 10.0. The van der Waals surface area contributed by atoms with E-state index in [-0.39, 0.29) is 12.1 Å². The summed E-state index contributed by atoms with van der Waals surface area (Å²) in [5.41, 5.74) is 2.55. The van der Waals surface area contributed by atoms with E-state index in [9.17, 15) is 0 Å². The Balaban J connectivity index is 1.89. The summed E-state index contributed by atoms with van der Waals surface area (Å²) in [6.45, 7) is 6.18. The minimum absolute atomic E-state index is 0.0315.